The van der Waals surface area contributed by atoms with Crippen LogP contribution in [0.2, 0.25) is 4.34 Å². The smallest absolute Gasteiger partial charge is 0.191 e. The van der Waals surface area contributed by atoms with Crippen molar-refractivity contribution in [1.29, 1.82) is 0 Å². The van der Waals surface area contributed by atoms with Crippen molar-refractivity contribution in [2.24, 2.45) is 0 Å². The van der Waals surface area contributed by atoms with E-state index in [0.717, 1.165) is 11.3 Å². The summed E-state index contributed by atoms with van der Waals surface area (Å²) in [5.74, 6) is -0.443. The summed E-state index contributed by atoms with van der Waals surface area (Å²) in [5.41, 5.74) is 0. The maximum Gasteiger partial charge on any atom is 0.191 e. The Morgan fingerprint density at radius 2 is 2.00 bits per heavy atom. The van der Waals surface area contributed by atoms with Gasteiger partial charge in [0.2, 0.25) is 0 Å². The average Bonchev–Trinajstić information content (AvgIpc) is 2.83. The summed E-state index contributed by atoms with van der Waals surface area (Å²) in [4.78, 5) is 12.7. The van der Waals surface area contributed by atoms with Gasteiger partial charge in [-0.3, -0.25) is 4.79 Å². The van der Waals surface area contributed by atoms with Crippen LogP contribution in [0.5, 0.6) is 0 Å². The van der Waals surface area contributed by atoms with Crippen LogP contribution in [0.1, 0.15) is 16.6 Å². The molecule has 0 saturated carbocycles. The Hall–Kier alpha value is -0.690. The van der Waals surface area contributed by atoms with E-state index < -0.39 is 20.9 Å². The van der Waals surface area contributed by atoms with E-state index in [-0.39, 0.29) is 4.90 Å². The van der Waals surface area contributed by atoms with Crippen LogP contribution in [0.4, 0.5) is 0 Å². The van der Waals surface area contributed by atoms with Crippen LogP contribution in [0.15, 0.2) is 45.8 Å². The van der Waals surface area contributed by atoms with E-state index in [9.17, 15) is 13.2 Å². The number of carbonyl (C=O) groups is 1. The topological polar surface area (TPSA) is 51.2 Å². The van der Waals surface area contributed by atoms with E-state index in [2.05, 4.69) is 15.9 Å². The normalized spacial score (nSPS) is 13.2. The first-order valence-electron chi connectivity index (χ1n) is 5.61. The molecule has 0 spiro atoms. The number of thiophene rings is 1. The highest BCUT2D eigenvalue weighted by Crippen LogP contribution is 2.27. The Morgan fingerprint density at radius 3 is 2.55 bits per heavy atom. The maximum absolute atomic E-state index is 12.4. The number of sulfone groups is 1. The molecular formula is C13H10BrClO3S2. The minimum Gasteiger partial charge on any atom is -0.292 e. The van der Waals surface area contributed by atoms with E-state index in [1.165, 1.54) is 19.1 Å². The lowest BCUT2D eigenvalue weighted by molar-refractivity contribution is 0.0995. The predicted molar refractivity (Wildman–Crippen MR) is 84.4 cm³/mol. The highest BCUT2D eigenvalue weighted by Gasteiger charge is 2.31. The van der Waals surface area contributed by atoms with Crippen molar-refractivity contribution in [2.45, 2.75) is 17.1 Å². The van der Waals surface area contributed by atoms with Gasteiger partial charge in [-0.1, -0.05) is 33.6 Å². The van der Waals surface area contributed by atoms with Crippen molar-refractivity contribution in [2.75, 3.05) is 0 Å². The summed E-state index contributed by atoms with van der Waals surface area (Å²) >= 11 is 10.1. The lowest BCUT2D eigenvalue weighted by Gasteiger charge is -2.11. The van der Waals surface area contributed by atoms with Gasteiger partial charge in [-0.25, -0.2) is 8.42 Å². The second kappa shape index (κ2) is 5.97. The summed E-state index contributed by atoms with van der Waals surface area (Å²) < 4.78 is 26.0. The fourth-order valence-electron chi connectivity index (χ4n) is 1.64. The average molecular weight is 394 g/mol. The van der Waals surface area contributed by atoms with Gasteiger partial charge >= 0.3 is 0 Å². The highest BCUT2D eigenvalue weighted by molar-refractivity contribution is 9.10. The van der Waals surface area contributed by atoms with Gasteiger partial charge in [-0.05, 0) is 37.3 Å². The molecule has 0 radical (unpaired) electrons. The molecule has 0 aliphatic heterocycles. The van der Waals surface area contributed by atoms with Gasteiger partial charge in [0.15, 0.2) is 15.6 Å². The Morgan fingerprint density at radius 1 is 1.30 bits per heavy atom. The van der Waals surface area contributed by atoms with E-state index in [0.29, 0.717) is 13.7 Å². The van der Waals surface area contributed by atoms with E-state index in [4.69, 9.17) is 11.6 Å². The molecule has 2 aromatic rings. The van der Waals surface area contributed by atoms with Crippen LogP contribution >= 0.6 is 38.9 Å². The number of hydrogen-bond acceptors (Lipinski definition) is 4. The second-order valence-electron chi connectivity index (χ2n) is 4.11. The molecule has 7 heteroatoms. The molecule has 1 aromatic heterocycles. The van der Waals surface area contributed by atoms with Crippen molar-refractivity contribution in [3.63, 3.8) is 0 Å². The first kappa shape index (κ1) is 15.7. The summed E-state index contributed by atoms with van der Waals surface area (Å²) in [6.45, 7) is 1.40. The van der Waals surface area contributed by atoms with Gasteiger partial charge in [-0.15, -0.1) is 11.3 Å². The molecule has 0 bridgehead atoms. The van der Waals surface area contributed by atoms with Gasteiger partial charge in [0.05, 0.1) is 14.1 Å². The summed E-state index contributed by atoms with van der Waals surface area (Å²) in [5, 5.41) is -1.15. The first-order valence-corrected chi connectivity index (χ1v) is 9.15. The zero-order valence-electron chi connectivity index (χ0n) is 10.3. The Labute approximate surface area is 134 Å². The molecule has 0 aliphatic rings. The molecule has 0 saturated heterocycles. The molecule has 106 valence electrons. The quantitative estimate of drug-likeness (QED) is 0.731. The molecule has 1 heterocycles. The first-order chi connectivity index (χ1) is 9.32. The third kappa shape index (κ3) is 3.14. The largest absolute Gasteiger partial charge is 0.292 e. The zero-order valence-corrected chi connectivity index (χ0v) is 14.3. The number of ketones is 1. The van der Waals surface area contributed by atoms with Gasteiger partial charge in [0, 0.05) is 4.47 Å². The Bertz CT molecular complexity index is 752. The molecule has 0 amide bonds. The van der Waals surface area contributed by atoms with E-state index in [1.54, 1.807) is 24.3 Å². The molecule has 1 atom stereocenters. The van der Waals surface area contributed by atoms with Crippen LogP contribution in [0.25, 0.3) is 0 Å². The van der Waals surface area contributed by atoms with Crippen molar-refractivity contribution in [1.82, 2.24) is 0 Å². The Balaban J connectivity index is 2.37. The lowest BCUT2D eigenvalue weighted by Crippen LogP contribution is -2.27. The molecular weight excluding hydrogens is 384 g/mol. The lowest BCUT2D eigenvalue weighted by atomic mass is 10.2. The molecule has 1 aromatic carbocycles. The number of Topliss-reactive ketones (excluding diaryl/α,β-unsaturated/α-hetero) is 1. The van der Waals surface area contributed by atoms with E-state index in [1.807, 2.05) is 0 Å². The van der Waals surface area contributed by atoms with E-state index >= 15 is 0 Å². The van der Waals surface area contributed by atoms with Crippen molar-refractivity contribution in [3.8, 4) is 0 Å². The molecule has 1 unspecified atom stereocenters. The molecule has 0 fully saturated rings. The number of rotatable bonds is 4. The standard InChI is InChI=1S/C13H10BrClO3S2/c1-8(13(16)11-5-6-12(15)19-11)20(17,18)10-4-2-3-9(14)7-10/h2-8H,1H3. The molecule has 20 heavy (non-hydrogen) atoms. The third-order valence-corrected chi connectivity index (χ3v) is 6.57. The van der Waals surface area contributed by atoms with Crippen LogP contribution in [0, 0.1) is 0 Å². The number of hydrogen-bond donors (Lipinski definition) is 0. The Kier molecular flexibility index (Phi) is 4.69. The predicted octanol–water partition coefficient (Wildman–Crippen LogP) is 4.21. The van der Waals surface area contributed by atoms with Crippen molar-refractivity contribution in [3.05, 3.63) is 50.1 Å². The zero-order chi connectivity index (χ0) is 14.9. The van der Waals surface area contributed by atoms with Gasteiger partial charge in [-0.2, -0.15) is 0 Å². The van der Waals surface area contributed by atoms with Crippen LogP contribution in [-0.4, -0.2) is 19.5 Å². The molecule has 0 N–H and O–H groups in total. The minimum atomic E-state index is -3.72. The second-order valence-corrected chi connectivity index (χ2v) is 9.01. The summed E-state index contributed by atoms with van der Waals surface area (Å²) in [6.07, 6.45) is 0. The van der Waals surface area contributed by atoms with Crippen LogP contribution in [-0.2, 0) is 9.84 Å². The van der Waals surface area contributed by atoms with Gasteiger partial charge in [0.1, 0.15) is 5.25 Å². The maximum atomic E-state index is 12.4. The molecule has 3 nitrogen and oxygen atoms in total. The van der Waals surface area contributed by atoms with Crippen LogP contribution in [0.3, 0.4) is 0 Å². The number of benzene rings is 1. The number of halogens is 2. The van der Waals surface area contributed by atoms with Crippen molar-refractivity contribution < 1.29 is 13.2 Å². The van der Waals surface area contributed by atoms with Gasteiger partial charge in [0.25, 0.3) is 0 Å². The monoisotopic (exact) mass is 392 g/mol. The SMILES string of the molecule is CC(C(=O)c1ccc(Cl)s1)S(=O)(=O)c1cccc(Br)c1. The summed E-state index contributed by atoms with van der Waals surface area (Å²) in [7, 11) is -3.72. The summed E-state index contributed by atoms with van der Waals surface area (Å²) in [6, 6.07) is 9.44. The third-order valence-electron chi connectivity index (χ3n) is 2.78. The van der Waals surface area contributed by atoms with Crippen molar-refractivity contribution >= 4 is 54.5 Å². The van der Waals surface area contributed by atoms with Crippen LogP contribution < -0.4 is 0 Å². The molecule has 0 aliphatic carbocycles. The van der Waals surface area contributed by atoms with Gasteiger partial charge < -0.3 is 0 Å². The fourth-order valence-corrected chi connectivity index (χ4v) is 4.71. The molecule has 2 rings (SSSR count). The fraction of sp³-hybridized carbons (Fsp3) is 0.154. The minimum absolute atomic E-state index is 0.121. The highest BCUT2D eigenvalue weighted by atomic mass is 79.9. The number of carbonyl (C=O) groups excluding carboxylic acids is 1.